The number of fused-ring (bicyclic) bond motifs is 2. The summed E-state index contributed by atoms with van der Waals surface area (Å²) in [6.07, 6.45) is 5.77. The van der Waals surface area contributed by atoms with E-state index in [9.17, 15) is 0 Å². The summed E-state index contributed by atoms with van der Waals surface area (Å²) in [7, 11) is 1.74. The fourth-order valence-electron chi connectivity index (χ4n) is 4.10. The number of methoxy groups -OCH3 is 1. The standard InChI is InChI=1S/C22H26N6O3/c1-14(23)12-30-21-6-5-20-25-11-17(28(20)26-21)19-10-16-18(31-19)7-8-24-22(16)27-9-3-4-15(27)13-29-2/h5-8,10-11,14-15H,3-4,9,12-13,23H2,1-2H3/t14-,15+/m0/s1. The van der Waals surface area contributed by atoms with E-state index in [4.69, 9.17) is 19.6 Å². The van der Waals surface area contributed by atoms with Crippen LogP contribution in [0.15, 0.2) is 41.1 Å². The Hall–Kier alpha value is -3.17. The fourth-order valence-corrected chi connectivity index (χ4v) is 4.10. The Morgan fingerprint density at radius 1 is 1.29 bits per heavy atom. The van der Waals surface area contributed by atoms with Crippen LogP contribution in [0.1, 0.15) is 19.8 Å². The lowest BCUT2D eigenvalue weighted by atomic mass is 10.2. The Bertz CT molecular complexity index is 1200. The van der Waals surface area contributed by atoms with Crippen molar-refractivity contribution in [1.82, 2.24) is 19.6 Å². The smallest absolute Gasteiger partial charge is 0.231 e. The number of pyridine rings is 1. The summed E-state index contributed by atoms with van der Waals surface area (Å²) >= 11 is 0. The van der Waals surface area contributed by atoms with Gasteiger partial charge in [-0.15, -0.1) is 5.10 Å². The van der Waals surface area contributed by atoms with Crippen molar-refractivity contribution in [2.45, 2.75) is 31.8 Å². The van der Waals surface area contributed by atoms with Crippen molar-refractivity contribution in [1.29, 1.82) is 0 Å². The van der Waals surface area contributed by atoms with Crippen LogP contribution in [0.2, 0.25) is 0 Å². The molecule has 0 saturated carbocycles. The second-order valence-corrected chi connectivity index (χ2v) is 7.98. The molecule has 5 heterocycles. The first-order valence-electron chi connectivity index (χ1n) is 10.5. The van der Waals surface area contributed by atoms with Crippen LogP contribution in [0, 0.1) is 0 Å². The van der Waals surface area contributed by atoms with Crippen LogP contribution in [-0.2, 0) is 4.74 Å². The zero-order valence-electron chi connectivity index (χ0n) is 17.7. The van der Waals surface area contributed by atoms with Crippen molar-refractivity contribution in [2.24, 2.45) is 5.73 Å². The molecule has 0 spiro atoms. The molecule has 9 heteroatoms. The molecule has 9 nitrogen and oxygen atoms in total. The highest BCUT2D eigenvalue weighted by Crippen LogP contribution is 2.35. The quantitative estimate of drug-likeness (QED) is 0.485. The van der Waals surface area contributed by atoms with Gasteiger partial charge in [-0.2, -0.15) is 0 Å². The number of anilines is 1. The van der Waals surface area contributed by atoms with Gasteiger partial charge in [-0.3, -0.25) is 0 Å². The zero-order chi connectivity index (χ0) is 21.4. The Balaban J connectivity index is 1.54. The molecule has 1 saturated heterocycles. The van der Waals surface area contributed by atoms with E-state index in [1.165, 1.54) is 0 Å². The molecule has 1 fully saturated rings. The number of imidazole rings is 1. The summed E-state index contributed by atoms with van der Waals surface area (Å²) in [6.45, 7) is 3.92. The van der Waals surface area contributed by atoms with Crippen LogP contribution in [0.5, 0.6) is 5.88 Å². The third kappa shape index (κ3) is 3.70. The molecule has 5 rings (SSSR count). The Morgan fingerprint density at radius 2 is 2.19 bits per heavy atom. The third-order valence-corrected chi connectivity index (χ3v) is 5.52. The molecule has 0 radical (unpaired) electrons. The fraction of sp³-hybridized carbons (Fsp3) is 0.409. The minimum atomic E-state index is -0.0754. The zero-order valence-corrected chi connectivity index (χ0v) is 17.7. The van der Waals surface area contributed by atoms with Gasteiger partial charge in [-0.1, -0.05) is 0 Å². The van der Waals surface area contributed by atoms with Gasteiger partial charge in [0.05, 0.1) is 24.2 Å². The molecule has 0 bridgehead atoms. The van der Waals surface area contributed by atoms with Gasteiger partial charge >= 0.3 is 0 Å². The highest BCUT2D eigenvalue weighted by atomic mass is 16.5. The number of hydrogen-bond acceptors (Lipinski definition) is 8. The molecule has 0 unspecified atom stereocenters. The van der Waals surface area contributed by atoms with Gasteiger partial charge in [0.25, 0.3) is 0 Å². The van der Waals surface area contributed by atoms with E-state index < -0.39 is 0 Å². The normalized spacial score (nSPS) is 17.6. The highest BCUT2D eigenvalue weighted by Gasteiger charge is 2.28. The molecule has 0 aliphatic carbocycles. The molecule has 2 atom stereocenters. The largest absolute Gasteiger partial charge is 0.475 e. The summed E-state index contributed by atoms with van der Waals surface area (Å²) in [6, 6.07) is 7.80. The molecule has 4 aromatic rings. The van der Waals surface area contributed by atoms with Gasteiger partial charge in [0.1, 0.15) is 23.7 Å². The van der Waals surface area contributed by atoms with E-state index in [1.54, 1.807) is 30.1 Å². The number of furan rings is 1. The van der Waals surface area contributed by atoms with Crippen LogP contribution >= 0.6 is 0 Å². The Labute approximate surface area is 179 Å². The number of nitrogens with two attached hydrogens (primary N) is 1. The summed E-state index contributed by atoms with van der Waals surface area (Å²) in [5, 5.41) is 5.54. The van der Waals surface area contributed by atoms with Gasteiger partial charge in [0, 0.05) is 32.0 Å². The van der Waals surface area contributed by atoms with Crippen molar-refractivity contribution in [3.8, 4) is 17.3 Å². The predicted octanol–water partition coefficient (Wildman–Crippen LogP) is 2.88. The van der Waals surface area contributed by atoms with Crippen LogP contribution in [0.4, 0.5) is 5.82 Å². The van der Waals surface area contributed by atoms with E-state index in [-0.39, 0.29) is 6.04 Å². The number of hydrogen-bond donors (Lipinski definition) is 1. The molecular weight excluding hydrogens is 396 g/mol. The van der Waals surface area contributed by atoms with Crippen molar-refractivity contribution < 1.29 is 13.9 Å². The van der Waals surface area contributed by atoms with Crippen LogP contribution in [-0.4, -0.2) is 58.5 Å². The number of aromatic nitrogens is 4. The molecule has 162 valence electrons. The summed E-state index contributed by atoms with van der Waals surface area (Å²) in [5.74, 6) is 2.09. The maximum absolute atomic E-state index is 6.19. The first-order valence-corrected chi connectivity index (χ1v) is 10.5. The second-order valence-electron chi connectivity index (χ2n) is 7.98. The van der Waals surface area contributed by atoms with Gasteiger partial charge in [-0.25, -0.2) is 14.5 Å². The van der Waals surface area contributed by atoms with Crippen molar-refractivity contribution in [3.63, 3.8) is 0 Å². The summed E-state index contributed by atoms with van der Waals surface area (Å²) in [5.41, 5.74) is 8.03. The van der Waals surface area contributed by atoms with E-state index >= 15 is 0 Å². The minimum Gasteiger partial charge on any atom is -0.475 e. The van der Waals surface area contributed by atoms with Crippen molar-refractivity contribution >= 4 is 22.4 Å². The molecule has 4 aromatic heterocycles. The maximum Gasteiger partial charge on any atom is 0.231 e. The predicted molar refractivity (Wildman–Crippen MR) is 117 cm³/mol. The second kappa shape index (κ2) is 8.16. The van der Waals surface area contributed by atoms with E-state index in [0.717, 1.165) is 41.9 Å². The van der Waals surface area contributed by atoms with Crippen molar-refractivity contribution in [2.75, 3.05) is 31.8 Å². The molecule has 1 aliphatic rings. The number of rotatable bonds is 7. The first-order chi connectivity index (χ1) is 15.1. The van der Waals surface area contributed by atoms with Gasteiger partial charge < -0.3 is 24.5 Å². The average molecular weight is 422 g/mol. The summed E-state index contributed by atoms with van der Waals surface area (Å²) < 4.78 is 19.0. The van der Waals surface area contributed by atoms with Crippen molar-refractivity contribution in [3.05, 3.63) is 36.7 Å². The molecule has 0 aromatic carbocycles. The number of nitrogens with zero attached hydrogens (tertiary/aromatic N) is 5. The molecule has 0 amide bonds. The van der Waals surface area contributed by atoms with E-state index in [1.807, 2.05) is 25.1 Å². The molecular formula is C22H26N6O3. The monoisotopic (exact) mass is 422 g/mol. The van der Waals surface area contributed by atoms with E-state index in [0.29, 0.717) is 36.5 Å². The first kappa shape index (κ1) is 19.8. The summed E-state index contributed by atoms with van der Waals surface area (Å²) in [4.78, 5) is 11.4. The van der Waals surface area contributed by atoms with E-state index in [2.05, 4.69) is 20.0 Å². The molecule has 1 aliphatic heterocycles. The topological polar surface area (TPSA) is 104 Å². The number of ether oxygens (including phenoxy) is 2. The van der Waals surface area contributed by atoms with Gasteiger partial charge in [0.15, 0.2) is 11.4 Å². The lowest BCUT2D eigenvalue weighted by Crippen LogP contribution is -2.33. The minimum absolute atomic E-state index is 0.0754. The maximum atomic E-state index is 6.19. The van der Waals surface area contributed by atoms with Crippen LogP contribution in [0.25, 0.3) is 28.1 Å². The SMILES string of the molecule is COC[C@H]1CCCN1c1nccc2oc(-c3cnc4ccc(OC[C@H](C)N)nn34)cc12. The van der Waals surface area contributed by atoms with Gasteiger partial charge in [0.2, 0.25) is 5.88 Å². The lowest BCUT2D eigenvalue weighted by molar-refractivity contribution is 0.180. The molecule has 31 heavy (non-hydrogen) atoms. The third-order valence-electron chi connectivity index (χ3n) is 5.52. The van der Waals surface area contributed by atoms with Crippen LogP contribution in [0.3, 0.4) is 0 Å². The average Bonchev–Trinajstić information content (AvgIpc) is 3.49. The molecule has 2 N–H and O–H groups in total. The highest BCUT2D eigenvalue weighted by molar-refractivity contribution is 5.92. The Kier molecular flexibility index (Phi) is 5.21. The lowest BCUT2D eigenvalue weighted by Gasteiger charge is -2.25. The van der Waals surface area contributed by atoms with Crippen LogP contribution < -0.4 is 15.4 Å². The Morgan fingerprint density at radius 3 is 3.03 bits per heavy atom. The van der Waals surface area contributed by atoms with Gasteiger partial charge in [-0.05, 0) is 38.0 Å².